The molecule has 0 radical (unpaired) electrons. The number of benzene rings is 1. The number of halogens is 2. The first-order chi connectivity index (χ1) is 14.0. The molecule has 0 saturated heterocycles. The van der Waals surface area contributed by atoms with E-state index in [0.717, 1.165) is 4.47 Å². The van der Waals surface area contributed by atoms with Crippen LogP contribution in [0.4, 0.5) is 4.39 Å². The largest absolute Gasteiger partial charge is 0.475 e. The van der Waals surface area contributed by atoms with Crippen LogP contribution in [0.1, 0.15) is 24.2 Å². The lowest BCUT2D eigenvalue weighted by atomic mass is 10.0. The van der Waals surface area contributed by atoms with Crippen LogP contribution in [0, 0.1) is 5.82 Å². The summed E-state index contributed by atoms with van der Waals surface area (Å²) in [7, 11) is 0. The van der Waals surface area contributed by atoms with Gasteiger partial charge in [0.25, 0.3) is 5.91 Å². The Bertz CT molecular complexity index is 970. The molecular weight excluding hydrogens is 439 g/mol. The molecule has 150 valence electrons. The van der Waals surface area contributed by atoms with Crippen molar-refractivity contribution in [2.45, 2.75) is 19.9 Å². The SMILES string of the molecule is CCN(C(=O)c1ccc(F)cc1-c1ncccn1)C(C)COc1ccc(Br)cn1. The van der Waals surface area contributed by atoms with Crippen LogP contribution in [-0.2, 0) is 0 Å². The Hall–Kier alpha value is -2.87. The van der Waals surface area contributed by atoms with E-state index in [9.17, 15) is 9.18 Å². The Morgan fingerprint density at radius 2 is 1.97 bits per heavy atom. The number of likely N-dealkylation sites (N-methyl/N-ethyl adjacent to an activating group) is 1. The van der Waals surface area contributed by atoms with E-state index < -0.39 is 5.82 Å². The summed E-state index contributed by atoms with van der Waals surface area (Å²) in [5, 5.41) is 0. The summed E-state index contributed by atoms with van der Waals surface area (Å²) < 4.78 is 20.4. The van der Waals surface area contributed by atoms with E-state index in [1.54, 1.807) is 35.6 Å². The lowest BCUT2D eigenvalue weighted by Gasteiger charge is -2.28. The molecule has 6 nitrogen and oxygen atoms in total. The summed E-state index contributed by atoms with van der Waals surface area (Å²) in [5.74, 6) is 0.0811. The third kappa shape index (κ3) is 5.14. The Morgan fingerprint density at radius 3 is 2.62 bits per heavy atom. The summed E-state index contributed by atoms with van der Waals surface area (Å²) >= 11 is 3.33. The minimum Gasteiger partial charge on any atom is -0.475 e. The molecule has 1 unspecified atom stereocenters. The zero-order valence-electron chi connectivity index (χ0n) is 16.0. The average molecular weight is 459 g/mol. The van der Waals surface area contributed by atoms with Crippen molar-refractivity contribution >= 4 is 21.8 Å². The van der Waals surface area contributed by atoms with Gasteiger partial charge in [-0.05, 0) is 60.1 Å². The number of rotatable bonds is 7. The molecule has 0 bridgehead atoms. The topological polar surface area (TPSA) is 68.2 Å². The maximum Gasteiger partial charge on any atom is 0.254 e. The number of hydrogen-bond acceptors (Lipinski definition) is 5. The lowest BCUT2D eigenvalue weighted by Crippen LogP contribution is -2.42. The van der Waals surface area contributed by atoms with Crippen molar-refractivity contribution in [3.63, 3.8) is 0 Å². The van der Waals surface area contributed by atoms with E-state index in [0.29, 0.717) is 29.4 Å². The molecular formula is C21H20BrFN4O2. The Kier molecular flexibility index (Phi) is 6.87. The van der Waals surface area contributed by atoms with Gasteiger partial charge in [-0.3, -0.25) is 4.79 Å². The molecule has 0 spiro atoms. The quantitative estimate of drug-likeness (QED) is 0.525. The highest BCUT2D eigenvalue weighted by Crippen LogP contribution is 2.23. The van der Waals surface area contributed by atoms with Crippen molar-refractivity contribution in [2.75, 3.05) is 13.2 Å². The van der Waals surface area contributed by atoms with E-state index >= 15 is 0 Å². The van der Waals surface area contributed by atoms with Crippen LogP contribution < -0.4 is 4.74 Å². The predicted molar refractivity (Wildman–Crippen MR) is 111 cm³/mol. The van der Waals surface area contributed by atoms with Crippen molar-refractivity contribution in [2.24, 2.45) is 0 Å². The monoisotopic (exact) mass is 458 g/mol. The maximum atomic E-state index is 13.9. The van der Waals surface area contributed by atoms with Crippen molar-refractivity contribution < 1.29 is 13.9 Å². The first kappa shape index (κ1) is 20.9. The summed E-state index contributed by atoms with van der Waals surface area (Å²) in [6.07, 6.45) is 4.76. The van der Waals surface area contributed by atoms with Crippen molar-refractivity contribution in [3.8, 4) is 17.3 Å². The van der Waals surface area contributed by atoms with Crippen molar-refractivity contribution in [1.29, 1.82) is 0 Å². The number of pyridine rings is 1. The van der Waals surface area contributed by atoms with Gasteiger partial charge in [-0.15, -0.1) is 0 Å². The normalized spacial score (nSPS) is 11.7. The molecule has 8 heteroatoms. The van der Waals surface area contributed by atoms with Crippen molar-refractivity contribution in [3.05, 3.63) is 70.8 Å². The fourth-order valence-corrected chi connectivity index (χ4v) is 3.11. The number of ether oxygens (including phenoxy) is 1. The van der Waals surface area contributed by atoms with Gasteiger partial charge in [0.1, 0.15) is 12.4 Å². The first-order valence-corrected chi connectivity index (χ1v) is 9.91. The Morgan fingerprint density at radius 1 is 1.21 bits per heavy atom. The van der Waals surface area contributed by atoms with Crippen LogP contribution >= 0.6 is 15.9 Å². The number of aromatic nitrogens is 3. The minimum atomic E-state index is -0.454. The molecule has 2 heterocycles. The molecule has 3 aromatic rings. The lowest BCUT2D eigenvalue weighted by molar-refractivity contribution is 0.0647. The first-order valence-electron chi connectivity index (χ1n) is 9.12. The molecule has 0 saturated carbocycles. The number of carbonyl (C=O) groups excluding carboxylic acids is 1. The fraction of sp³-hybridized carbons (Fsp3) is 0.238. The Labute approximate surface area is 176 Å². The number of carbonyl (C=O) groups is 1. The van der Waals surface area contributed by atoms with Crippen LogP contribution in [0.3, 0.4) is 0 Å². The average Bonchev–Trinajstić information content (AvgIpc) is 2.74. The third-order valence-electron chi connectivity index (χ3n) is 4.32. The number of nitrogens with zero attached hydrogens (tertiary/aromatic N) is 4. The summed E-state index contributed by atoms with van der Waals surface area (Å²) in [6.45, 7) is 4.51. The number of hydrogen-bond donors (Lipinski definition) is 0. The van der Waals surface area contributed by atoms with Gasteiger partial charge in [0.2, 0.25) is 5.88 Å². The van der Waals surface area contributed by atoms with Gasteiger partial charge in [0.15, 0.2) is 5.82 Å². The highest BCUT2D eigenvalue weighted by atomic mass is 79.9. The maximum absolute atomic E-state index is 13.9. The summed E-state index contributed by atoms with van der Waals surface area (Å²) in [6, 6.07) is 9.03. The molecule has 0 N–H and O–H groups in total. The van der Waals surface area contributed by atoms with Gasteiger partial charge < -0.3 is 9.64 Å². The Balaban J connectivity index is 1.81. The third-order valence-corrected chi connectivity index (χ3v) is 4.79. The molecule has 0 aliphatic heterocycles. The van der Waals surface area contributed by atoms with Gasteiger partial charge in [0.05, 0.1) is 11.6 Å². The zero-order valence-corrected chi connectivity index (χ0v) is 17.6. The van der Waals surface area contributed by atoms with Gasteiger partial charge in [0, 0.05) is 41.2 Å². The fourth-order valence-electron chi connectivity index (χ4n) is 2.88. The molecule has 3 rings (SSSR count). The van der Waals surface area contributed by atoms with Gasteiger partial charge in [-0.1, -0.05) is 0 Å². The summed E-state index contributed by atoms with van der Waals surface area (Å²) in [5.41, 5.74) is 0.699. The molecule has 29 heavy (non-hydrogen) atoms. The number of amides is 1. The van der Waals surface area contributed by atoms with Crippen LogP contribution in [0.5, 0.6) is 5.88 Å². The van der Waals surface area contributed by atoms with Crippen LogP contribution in [0.25, 0.3) is 11.4 Å². The van der Waals surface area contributed by atoms with Crippen molar-refractivity contribution in [1.82, 2.24) is 19.9 Å². The molecule has 0 aliphatic rings. The standard InChI is InChI=1S/C21H20BrFN4O2/c1-3-27(14(2)13-29-19-8-5-15(22)12-26-19)21(28)17-7-6-16(23)11-18(17)20-24-9-4-10-25-20/h4-12,14H,3,13H2,1-2H3. The molecule has 1 aromatic carbocycles. The van der Waals surface area contributed by atoms with Gasteiger partial charge in [-0.2, -0.15) is 0 Å². The van der Waals surface area contributed by atoms with Crippen LogP contribution in [0.15, 0.2) is 59.5 Å². The second-order valence-corrected chi connectivity index (χ2v) is 7.24. The minimum absolute atomic E-state index is 0.229. The van der Waals surface area contributed by atoms with Gasteiger partial charge in [-0.25, -0.2) is 19.3 Å². The smallest absolute Gasteiger partial charge is 0.254 e. The molecule has 0 fully saturated rings. The van der Waals surface area contributed by atoms with E-state index in [-0.39, 0.29) is 18.6 Å². The van der Waals surface area contributed by atoms with Crippen LogP contribution in [-0.4, -0.2) is 45.0 Å². The predicted octanol–water partition coefficient (Wildman–Crippen LogP) is 4.37. The molecule has 1 amide bonds. The second-order valence-electron chi connectivity index (χ2n) is 6.33. The highest BCUT2D eigenvalue weighted by molar-refractivity contribution is 9.10. The van der Waals surface area contributed by atoms with E-state index in [1.807, 2.05) is 19.9 Å². The van der Waals surface area contributed by atoms with E-state index in [2.05, 4.69) is 30.9 Å². The molecule has 0 aliphatic carbocycles. The van der Waals surface area contributed by atoms with E-state index in [1.165, 1.54) is 18.2 Å². The second kappa shape index (κ2) is 9.56. The molecule has 1 atom stereocenters. The highest BCUT2D eigenvalue weighted by Gasteiger charge is 2.24. The van der Waals surface area contributed by atoms with Crippen LogP contribution in [0.2, 0.25) is 0 Å². The van der Waals surface area contributed by atoms with E-state index in [4.69, 9.17) is 4.74 Å². The molecule has 2 aromatic heterocycles. The zero-order chi connectivity index (χ0) is 20.8. The van der Waals surface area contributed by atoms with Gasteiger partial charge >= 0.3 is 0 Å². The summed E-state index contributed by atoms with van der Waals surface area (Å²) in [4.78, 5) is 27.4.